The molecule has 0 aliphatic carbocycles. The van der Waals surface area contributed by atoms with Gasteiger partial charge in [0.25, 0.3) is 0 Å². The van der Waals surface area contributed by atoms with E-state index in [1.54, 1.807) is 0 Å². The van der Waals surface area contributed by atoms with Crippen LogP contribution in [-0.4, -0.2) is 34.9 Å². The number of nitrogens with two attached hydrogens (primary N) is 1. The van der Waals surface area contributed by atoms with Crippen molar-refractivity contribution < 1.29 is 4.79 Å². The Kier molecular flexibility index (Phi) is 13.1. The fourth-order valence-corrected chi connectivity index (χ4v) is 3.26. The number of rotatable bonds is 6. The van der Waals surface area contributed by atoms with Gasteiger partial charge in [-0.15, -0.1) is 37.2 Å². The van der Waals surface area contributed by atoms with Gasteiger partial charge in [0.05, 0.1) is 5.69 Å². The maximum atomic E-state index is 12.3. The minimum atomic E-state index is -0.245. The highest BCUT2D eigenvalue weighted by Crippen LogP contribution is 2.16. The third-order valence-corrected chi connectivity index (χ3v) is 4.70. The van der Waals surface area contributed by atoms with Crippen molar-refractivity contribution in [3.8, 4) is 0 Å². The first-order chi connectivity index (χ1) is 12.2. The minimum Gasteiger partial charge on any atom is -0.353 e. The molecule has 156 valence electrons. The second-order valence-electron chi connectivity index (χ2n) is 6.66. The van der Waals surface area contributed by atoms with Crippen LogP contribution < -0.4 is 11.1 Å². The van der Waals surface area contributed by atoms with Crippen LogP contribution in [0, 0.1) is 0 Å². The number of carbonyl (C=O) groups excluding carboxylic acids is 1. The molecule has 2 heterocycles. The van der Waals surface area contributed by atoms with Gasteiger partial charge >= 0.3 is 0 Å². The Labute approximate surface area is 185 Å². The summed E-state index contributed by atoms with van der Waals surface area (Å²) in [6.07, 6.45) is 4.11. The van der Waals surface area contributed by atoms with Gasteiger partial charge in [-0.25, -0.2) is 0 Å². The monoisotopic (exact) mass is 446 g/mol. The molecule has 3 rings (SSSR count). The van der Waals surface area contributed by atoms with Crippen molar-refractivity contribution in [2.24, 2.45) is 5.73 Å². The third kappa shape index (κ3) is 8.33. The summed E-state index contributed by atoms with van der Waals surface area (Å²) in [7, 11) is 0. The van der Waals surface area contributed by atoms with Crippen molar-refractivity contribution in [1.82, 2.24) is 15.2 Å². The smallest absolute Gasteiger partial charge is 0.222 e. The number of pyridine rings is 1. The molecular formula is C20H29Cl3N4O. The Bertz CT molecular complexity index is 668. The topological polar surface area (TPSA) is 71.2 Å². The van der Waals surface area contributed by atoms with Gasteiger partial charge in [-0.2, -0.15) is 0 Å². The van der Waals surface area contributed by atoms with Crippen LogP contribution in [0.25, 0.3) is 0 Å². The van der Waals surface area contributed by atoms with Gasteiger partial charge in [-0.3, -0.25) is 14.7 Å². The number of nitrogens with zero attached hydrogens (tertiary/aromatic N) is 2. The van der Waals surface area contributed by atoms with E-state index in [0.717, 1.165) is 43.7 Å². The van der Waals surface area contributed by atoms with E-state index in [-0.39, 0.29) is 55.2 Å². The molecule has 1 unspecified atom stereocenters. The van der Waals surface area contributed by atoms with E-state index >= 15 is 0 Å². The number of aromatic nitrogens is 1. The lowest BCUT2D eigenvalue weighted by Gasteiger charge is -2.32. The molecule has 1 fully saturated rings. The first-order valence-electron chi connectivity index (χ1n) is 8.93. The largest absolute Gasteiger partial charge is 0.353 e. The van der Waals surface area contributed by atoms with Crippen molar-refractivity contribution in [1.29, 1.82) is 0 Å². The maximum absolute atomic E-state index is 12.3. The molecule has 0 radical (unpaired) electrons. The summed E-state index contributed by atoms with van der Waals surface area (Å²) < 4.78 is 0. The summed E-state index contributed by atoms with van der Waals surface area (Å²) in [5.41, 5.74) is 8.23. The molecule has 0 bridgehead atoms. The quantitative estimate of drug-likeness (QED) is 0.711. The SMILES string of the molecule is Cl.Cl.Cl.NC(CC(=O)NC1CCN(Cc2ccccn2)CC1)c1ccccc1. The van der Waals surface area contributed by atoms with E-state index in [1.165, 1.54) is 0 Å². The molecule has 0 spiro atoms. The Morgan fingerprint density at radius 2 is 1.71 bits per heavy atom. The Morgan fingerprint density at radius 1 is 1.07 bits per heavy atom. The zero-order valence-corrected chi connectivity index (χ0v) is 18.1. The lowest BCUT2D eigenvalue weighted by atomic mass is 10.0. The average molecular weight is 448 g/mol. The van der Waals surface area contributed by atoms with Crippen molar-refractivity contribution in [3.63, 3.8) is 0 Å². The number of benzene rings is 1. The van der Waals surface area contributed by atoms with Crippen LogP contribution in [0.5, 0.6) is 0 Å². The van der Waals surface area contributed by atoms with Gasteiger partial charge in [0.15, 0.2) is 0 Å². The summed E-state index contributed by atoms with van der Waals surface area (Å²) in [5, 5.41) is 3.14. The normalized spacial score (nSPS) is 15.3. The predicted octanol–water partition coefficient (Wildman–Crippen LogP) is 3.52. The van der Waals surface area contributed by atoms with Crippen LogP contribution in [-0.2, 0) is 11.3 Å². The second kappa shape index (κ2) is 13.7. The lowest BCUT2D eigenvalue weighted by Crippen LogP contribution is -2.44. The van der Waals surface area contributed by atoms with E-state index < -0.39 is 0 Å². The van der Waals surface area contributed by atoms with E-state index in [2.05, 4.69) is 21.3 Å². The van der Waals surface area contributed by atoms with Crippen molar-refractivity contribution >= 4 is 43.1 Å². The first kappa shape index (κ1) is 26.6. The molecule has 28 heavy (non-hydrogen) atoms. The number of halogens is 3. The van der Waals surface area contributed by atoms with Crippen LogP contribution in [0.2, 0.25) is 0 Å². The summed E-state index contributed by atoms with van der Waals surface area (Å²) in [4.78, 5) is 19.0. The number of hydrogen-bond acceptors (Lipinski definition) is 4. The van der Waals surface area contributed by atoms with Gasteiger partial charge in [-0.1, -0.05) is 36.4 Å². The summed E-state index contributed by atoms with van der Waals surface area (Å²) >= 11 is 0. The fraction of sp³-hybridized carbons (Fsp3) is 0.400. The molecular weight excluding hydrogens is 419 g/mol. The van der Waals surface area contributed by atoms with E-state index in [4.69, 9.17) is 5.73 Å². The van der Waals surface area contributed by atoms with Gasteiger partial charge in [0.2, 0.25) is 5.91 Å². The van der Waals surface area contributed by atoms with Crippen LogP contribution in [0.3, 0.4) is 0 Å². The molecule has 1 aliphatic heterocycles. The molecule has 2 aromatic rings. The van der Waals surface area contributed by atoms with Gasteiger partial charge in [-0.05, 0) is 30.5 Å². The molecule has 8 heteroatoms. The number of nitrogens with one attached hydrogen (secondary N) is 1. The second-order valence-corrected chi connectivity index (χ2v) is 6.66. The van der Waals surface area contributed by atoms with Gasteiger partial charge in [0.1, 0.15) is 0 Å². The molecule has 1 saturated heterocycles. The minimum absolute atomic E-state index is 0. The van der Waals surface area contributed by atoms with Crippen LogP contribution in [0.4, 0.5) is 0 Å². The average Bonchev–Trinajstić information content (AvgIpc) is 2.65. The van der Waals surface area contributed by atoms with Crippen LogP contribution in [0.15, 0.2) is 54.7 Å². The van der Waals surface area contributed by atoms with Gasteiger partial charge < -0.3 is 11.1 Å². The molecule has 1 aromatic heterocycles. The molecule has 0 saturated carbocycles. The highest BCUT2D eigenvalue weighted by atomic mass is 35.5. The summed E-state index contributed by atoms with van der Waals surface area (Å²) in [5.74, 6) is 0.0412. The zero-order chi connectivity index (χ0) is 17.5. The number of amides is 1. The number of likely N-dealkylation sites (tertiary alicyclic amines) is 1. The molecule has 3 N–H and O–H groups in total. The van der Waals surface area contributed by atoms with E-state index in [1.807, 2.05) is 48.7 Å². The standard InChI is InChI=1S/C20H26N4O.3ClH/c21-19(16-6-2-1-3-7-16)14-20(25)23-17-9-12-24(13-10-17)15-18-8-4-5-11-22-18;;;/h1-8,11,17,19H,9-10,12-15,21H2,(H,23,25);3*1H. The Morgan fingerprint density at radius 3 is 2.32 bits per heavy atom. The van der Waals surface area contributed by atoms with E-state index in [9.17, 15) is 4.79 Å². The summed E-state index contributed by atoms with van der Waals surface area (Å²) in [6.45, 7) is 2.83. The molecule has 1 aromatic carbocycles. The molecule has 5 nitrogen and oxygen atoms in total. The Balaban J connectivity index is 0.00000243. The predicted molar refractivity (Wildman–Crippen MR) is 120 cm³/mol. The number of carbonyl (C=O) groups is 1. The van der Waals surface area contributed by atoms with Gasteiger partial charge in [0, 0.05) is 44.3 Å². The van der Waals surface area contributed by atoms with Crippen molar-refractivity contribution in [3.05, 3.63) is 66.0 Å². The van der Waals surface area contributed by atoms with Crippen LogP contribution in [0.1, 0.15) is 36.6 Å². The van der Waals surface area contributed by atoms with Crippen LogP contribution >= 0.6 is 37.2 Å². The highest BCUT2D eigenvalue weighted by molar-refractivity contribution is 5.86. The maximum Gasteiger partial charge on any atom is 0.222 e. The van der Waals surface area contributed by atoms with E-state index in [0.29, 0.717) is 6.42 Å². The van der Waals surface area contributed by atoms with Crippen molar-refractivity contribution in [2.75, 3.05) is 13.1 Å². The highest BCUT2D eigenvalue weighted by Gasteiger charge is 2.21. The van der Waals surface area contributed by atoms with Crippen molar-refractivity contribution in [2.45, 2.75) is 37.9 Å². The fourth-order valence-electron chi connectivity index (χ4n) is 3.26. The zero-order valence-electron chi connectivity index (χ0n) is 15.7. The molecule has 1 atom stereocenters. The Hall–Kier alpha value is -1.37. The lowest BCUT2D eigenvalue weighted by molar-refractivity contribution is -0.122. The third-order valence-electron chi connectivity index (χ3n) is 4.70. The number of hydrogen-bond donors (Lipinski definition) is 2. The summed E-state index contributed by atoms with van der Waals surface area (Å²) in [6, 6.07) is 15.8. The first-order valence-corrected chi connectivity index (χ1v) is 8.93. The number of piperidine rings is 1. The molecule has 1 aliphatic rings. The molecule has 1 amide bonds.